The van der Waals surface area contributed by atoms with E-state index in [1.807, 2.05) is 18.2 Å². The standard InChI is InChI=1S/C10H15BrN2/c1-13(2)8-7-12-10-6-4-3-5-9(10)11/h3-6,12H,7-8H2,1-2H3. The van der Waals surface area contributed by atoms with Gasteiger partial charge in [0.05, 0.1) is 0 Å². The Morgan fingerprint density at radius 2 is 2.00 bits per heavy atom. The molecule has 0 aliphatic rings. The van der Waals surface area contributed by atoms with Gasteiger partial charge in [0.25, 0.3) is 0 Å². The Labute approximate surface area is 88.1 Å². The minimum atomic E-state index is 0.968. The molecule has 1 aromatic rings. The van der Waals surface area contributed by atoms with Gasteiger partial charge in [-0.15, -0.1) is 0 Å². The summed E-state index contributed by atoms with van der Waals surface area (Å²) in [6, 6.07) is 8.15. The van der Waals surface area contributed by atoms with Crippen LogP contribution < -0.4 is 5.32 Å². The molecule has 2 nitrogen and oxygen atoms in total. The van der Waals surface area contributed by atoms with E-state index in [1.54, 1.807) is 0 Å². The van der Waals surface area contributed by atoms with Crippen LogP contribution in [-0.4, -0.2) is 32.1 Å². The second kappa shape index (κ2) is 5.25. The molecule has 0 aliphatic carbocycles. The molecule has 0 unspecified atom stereocenters. The molecule has 0 spiro atoms. The molecule has 0 heterocycles. The Morgan fingerprint density at radius 1 is 1.31 bits per heavy atom. The van der Waals surface area contributed by atoms with Crippen molar-refractivity contribution >= 4 is 21.6 Å². The predicted octanol–water partition coefficient (Wildman–Crippen LogP) is 2.42. The molecule has 0 fully saturated rings. The maximum atomic E-state index is 3.49. The highest BCUT2D eigenvalue weighted by molar-refractivity contribution is 9.10. The molecule has 0 aliphatic heterocycles. The molecular weight excluding hydrogens is 228 g/mol. The number of anilines is 1. The number of likely N-dealkylation sites (N-methyl/N-ethyl adjacent to an activating group) is 1. The molecule has 0 amide bonds. The third-order valence-corrected chi connectivity index (χ3v) is 2.44. The minimum absolute atomic E-state index is 0.968. The maximum Gasteiger partial charge on any atom is 0.0485 e. The molecule has 0 aromatic heterocycles. The van der Waals surface area contributed by atoms with E-state index in [9.17, 15) is 0 Å². The fourth-order valence-corrected chi connectivity index (χ4v) is 1.44. The molecule has 0 atom stereocenters. The summed E-state index contributed by atoms with van der Waals surface area (Å²) in [6.45, 7) is 2.01. The fraction of sp³-hybridized carbons (Fsp3) is 0.400. The lowest BCUT2D eigenvalue weighted by molar-refractivity contribution is 0.425. The van der Waals surface area contributed by atoms with Crippen molar-refractivity contribution in [2.24, 2.45) is 0 Å². The number of halogens is 1. The van der Waals surface area contributed by atoms with Crippen LogP contribution in [0, 0.1) is 0 Å². The Balaban J connectivity index is 2.41. The van der Waals surface area contributed by atoms with Crippen molar-refractivity contribution < 1.29 is 0 Å². The summed E-state index contributed by atoms with van der Waals surface area (Å²) in [5.74, 6) is 0. The topological polar surface area (TPSA) is 15.3 Å². The van der Waals surface area contributed by atoms with Gasteiger partial charge in [0.15, 0.2) is 0 Å². The summed E-state index contributed by atoms with van der Waals surface area (Å²) in [5, 5.41) is 3.36. The number of benzene rings is 1. The van der Waals surface area contributed by atoms with Gasteiger partial charge in [-0.05, 0) is 42.2 Å². The molecule has 3 heteroatoms. The van der Waals surface area contributed by atoms with Gasteiger partial charge in [0.1, 0.15) is 0 Å². The van der Waals surface area contributed by atoms with Gasteiger partial charge in [-0.3, -0.25) is 0 Å². The fourth-order valence-electron chi connectivity index (χ4n) is 1.02. The first kappa shape index (κ1) is 10.5. The van der Waals surface area contributed by atoms with Crippen molar-refractivity contribution in [3.05, 3.63) is 28.7 Å². The van der Waals surface area contributed by atoms with E-state index < -0.39 is 0 Å². The SMILES string of the molecule is CN(C)CCNc1ccccc1Br. The normalized spacial score (nSPS) is 10.5. The zero-order chi connectivity index (χ0) is 9.68. The van der Waals surface area contributed by atoms with Crippen LogP contribution in [0.4, 0.5) is 5.69 Å². The van der Waals surface area contributed by atoms with E-state index in [-0.39, 0.29) is 0 Å². The zero-order valence-corrected chi connectivity index (χ0v) is 9.63. The molecular formula is C10H15BrN2. The molecule has 0 saturated carbocycles. The molecule has 0 radical (unpaired) electrons. The first-order chi connectivity index (χ1) is 6.20. The van der Waals surface area contributed by atoms with Crippen LogP contribution >= 0.6 is 15.9 Å². The van der Waals surface area contributed by atoms with E-state index in [1.165, 1.54) is 0 Å². The first-order valence-electron chi connectivity index (χ1n) is 4.33. The van der Waals surface area contributed by atoms with Crippen molar-refractivity contribution in [2.75, 3.05) is 32.5 Å². The number of hydrogen-bond acceptors (Lipinski definition) is 2. The Hall–Kier alpha value is -0.540. The van der Waals surface area contributed by atoms with Crippen molar-refractivity contribution in [3.63, 3.8) is 0 Å². The Morgan fingerprint density at radius 3 is 2.62 bits per heavy atom. The number of nitrogens with one attached hydrogen (secondary N) is 1. The summed E-state index contributed by atoms with van der Waals surface area (Å²) in [5.41, 5.74) is 1.16. The third kappa shape index (κ3) is 3.79. The van der Waals surface area contributed by atoms with Gasteiger partial charge in [-0.2, -0.15) is 0 Å². The molecule has 1 aromatic carbocycles. The highest BCUT2D eigenvalue weighted by atomic mass is 79.9. The second-order valence-electron chi connectivity index (χ2n) is 3.21. The van der Waals surface area contributed by atoms with Crippen LogP contribution in [0.3, 0.4) is 0 Å². The second-order valence-corrected chi connectivity index (χ2v) is 4.06. The van der Waals surface area contributed by atoms with Crippen molar-refractivity contribution in [1.82, 2.24) is 4.90 Å². The van der Waals surface area contributed by atoms with Gasteiger partial charge in [0.2, 0.25) is 0 Å². The molecule has 1 rings (SSSR count). The van der Waals surface area contributed by atoms with Crippen molar-refractivity contribution in [3.8, 4) is 0 Å². The average Bonchev–Trinajstić information content (AvgIpc) is 2.08. The molecule has 0 bridgehead atoms. The number of hydrogen-bond donors (Lipinski definition) is 1. The summed E-state index contributed by atoms with van der Waals surface area (Å²) in [4.78, 5) is 2.16. The average molecular weight is 243 g/mol. The number of nitrogens with zero attached hydrogens (tertiary/aromatic N) is 1. The van der Waals surface area contributed by atoms with E-state index >= 15 is 0 Å². The Bertz CT molecular complexity index is 261. The first-order valence-corrected chi connectivity index (χ1v) is 5.12. The zero-order valence-electron chi connectivity index (χ0n) is 8.05. The molecule has 72 valence electrons. The largest absolute Gasteiger partial charge is 0.383 e. The predicted molar refractivity (Wildman–Crippen MR) is 61.2 cm³/mol. The quantitative estimate of drug-likeness (QED) is 0.873. The summed E-state index contributed by atoms with van der Waals surface area (Å²) >= 11 is 3.49. The monoisotopic (exact) mass is 242 g/mol. The van der Waals surface area contributed by atoms with Gasteiger partial charge in [-0.25, -0.2) is 0 Å². The van der Waals surface area contributed by atoms with Crippen LogP contribution in [0.1, 0.15) is 0 Å². The summed E-state index contributed by atoms with van der Waals surface area (Å²) in [7, 11) is 4.14. The van der Waals surface area contributed by atoms with Crippen LogP contribution in [0.25, 0.3) is 0 Å². The van der Waals surface area contributed by atoms with Crippen LogP contribution in [0.5, 0.6) is 0 Å². The summed E-state index contributed by atoms with van der Waals surface area (Å²) in [6.07, 6.45) is 0. The number of para-hydroxylation sites is 1. The lowest BCUT2D eigenvalue weighted by Gasteiger charge is -2.12. The van der Waals surface area contributed by atoms with Crippen LogP contribution in [0.15, 0.2) is 28.7 Å². The lowest BCUT2D eigenvalue weighted by atomic mass is 10.3. The molecule has 0 saturated heterocycles. The maximum absolute atomic E-state index is 3.49. The van der Waals surface area contributed by atoms with E-state index in [0.717, 1.165) is 23.2 Å². The van der Waals surface area contributed by atoms with E-state index in [0.29, 0.717) is 0 Å². The van der Waals surface area contributed by atoms with Crippen LogP contribution in [0.2, 0.25) is 0 Å². The van der Waals surface area contributed by atoms with Crippen molar-refractivity contribution in [2.45, 2.75) is 0 Å². The molecule has 1 N–H and O–H groups in total. The minimum Gasteiger partial charge on any atom is -0.383 e. The highest BCUT2D eigenvalue weighted by Crippen LogP contribution is 2.20. The van der Waals surface area contributed by atoms with E-state index in [2.05, 4.69) is 46.3 Å². The van der Waals surface area contributed by atoms with Gasteiger partial charge in [-0.1, -0.05) is 12.1 Å². The van der Waals surface area contributed by atoms with Gasteiger partial charge in [0, 0.05) is 23.2 Å². The lowest BCUT2D eigenvalue weighted by Crippen LogP contribution is -2.20. The smallest absolute Gasteiger partial charge is 0.0485 e. The Kier molecular flexibility index (Phi) is 4.25. The van der Waals surface area contributed by atoms with Gasteiger partial charge < -0.3 is 10.2 Å². The van der Waals surface area contributed by atoms with Crippen molar-refractivity contribution in [1.29, 1.82) is 0 Å². The van der Waals surface area contributed by atoms with Crippen LogP contribution in [-0.2, 0) is 0 Å². The third-order valence-electron chi connectivity index (χ3n) is 1.75. The number of rotatable bonds is 4. The van der Waals surface area contributed by atoms with E-state index in [4.69, 9.17) is 0 Å². The van der Waals surface area contributed by atoms with Gasteiger partial charge >= 0.3 is 0 Å². The highest BCUT2D eigenvalue weighted by Gasteiger charge is 1.96. The summed E-state index contributed by atoms with van der Waals surface area (Å²) < 4.78 is 1.12. The molecule has 13 heavy (non-hydrogen) atoms.